The molecular formula is C25H37BrN2O6. The second kappa shape index (κ2) is 13.5. The first-order chi connectivity index (χ1) is 15.7. The molecule has 0 saturated carbocycles. The summed E-state index contributed by atoms with van der Waals surface area (Å²) in [5, 5.41) is 11.0. The summed E-state index contributed by atoms with van der Waals surface area (Å²) in [4.78, 5) is 36.6. The molecule has 0 bridgehead atoms. The van der Waals surface area contributed by atoms with E-state index in [1.54, 1.807) is 53.7 Å². The monoisotopic (exact) mass is 540 g/mol. The van der Waals surface area contributed by atoms with Gasteiger partial charge in [-0.15, -0.1) is 0 Å². The lowest BCUT2D eigenvalue weighted by molar-refractivity contribution is -0.385. The number of benzene rings is 1. The zero-order chi connectivity index (χ0) is 25.9. The van der Waals surface area contributed by atoms with Crippen molar-refractivity contribution < 1.29 is 24.0 Å². The number of imide groups is 1. The minimum absolute atomic E-state index is 0.0500. The summed E-state index contributed by atoms with van der Waals surface area (Å²) in [6.07, 6.45) is 7.86. The van der Waals surface area contributed by atoms with Gasteiger partial charge in [0.05, 0.1) is 9.40 Å². The Morgan fingerprint density at radius 1 is 0.971 bits per heavy atom. The van der Waals surface area contributed by atoms with Crippen molar-refractivity contribution in [2.24, 2.45) is 0 Å². The van der Waals surface area contributed by atoms with Crippen LogP contribution in [0.15, 0.2) is 28.7 Å². The number of carbonyl (C=O) groups is 2. The van der Waals surface area contributed by atoms with Gasteiger partial charge in [0.1, 0.15) is 11.2 Å². The van der Waals surface area contributed by atoms with Crippen LogP contribution >= 0.6 is 15.9 Å². The number of rotatable bonds is 10. The molecule has 2 amide bonds. The number of ether oxygens (including phenoxy) is 2. The molecule has 1 aromatic carbocycles. The van der Waals surface area contributed by atoms with Gasteiger partial charge in [-0.1, -0.05) is 37.5 Å². The molecule has 0 saturated heterocycles. The number of hydrogen-bond acceptors (Lipinski definition) is 6. The highest BCUT2D eigenvalue weighted by Gasteiger charge is 2.30. The Kier molecular flexibility index (Phi) is 11.7. The fourth-order valence-corrected chi connectivity index (χ4v) is 3.34. The maximum atomic E-state index is 12.5. The van der Waals surface area contributed by atoms with Gasteiger partial charge in [0.25, 0.3) is 5.69 Å². The quantitative estimate of drug-likeness (QED) is 0.170. The maximum Gasteiger partial charge on any atom is 0.419 e. The Bertz CT molecular complexity index is 843. The number of unbranched alkanes of at least 4 members (excludes halogenated alkanes) is 5. The summed E-state index contributed by atoms with van der Waals surface area (Å²) in [7, 11) is 0. The number of nitro benzene ring substituents is 1. The molecule has 0 spiro atoms. The fraction of sp³-hybridized carbons (Fsp3) is 0.600. The van der Waals surface area contributed by atoms with Crippen molar-refractivity contribution in [3.8, 4) is 0 Å². The van der Waals surface area contributed by atoms with Crippen LogP contribution in [0.3, 0.4) is 0 Å². The summed E-state index contributed by atoms with van der Waals surface area (Å²) < 4.78 is 11.2. The molecule has 190 valence electrons. The number of carbonyl (C=O) groups excluding carboxylic acids is 2. The SMILES string of the molecule is CC(C)(C)OC(=O)N(CCCCCCC/C=C/c1ccc(Br)c([N+](=O)[O-])c1)C(=O)OC(C)(C)C. The zero-order valence-electron chi connectivity index (χ0n) is 21.1. The first-order valence-corrected chi connectivity index (χ1v) is 12.3. The molecular weight excluding hydrogens is 504 g/mol. The van der Waals surface area contributed by atoms with E-state index in [9.17, 15) is 19.7 Å². The second-order valence-electron chi connectivity index (χ2n) is 10.0. The third-order valence-electron chi connectivity index (χ3n) is 4.46. The van der Waals surface area contributed by atoms with Crippen LogP contribution in [0, 0.1) is 10.1 Å². The molecule has 0 atom stereocenters. The van der Waals surface area contributed by atoms with E-state index in [0.29, 0.717) is 10.9 Å². The van der Waals surface area contributed by atoms with Gasteiger partial charge < -0.3 is 9.47 Å². The van der Waals surface area contributed by atoms with Gasteiger partial charge in [-0.05, 0) is 88.4 Å². The average Bonchev–Trinajstić information content (AvgIpc) is 2.67. The standard InChI is InChI=1S/C25H37BrN2O6/c1-24(2,3)33-22(29)27(23(30)34-25(4,5)6)17-13-11-9-7-8-10-12-14-19-15-16-20(26)21(18-19)28(31)32/h12,14-16,18H,7-11,13,17H2,1-6H3/b14-12+. The molecule has 0 heterocycles. The van der Waals surface area contributed by atoms with E-state index in [2.05, 4.69) is 15.9 Å². The molecule has 0 fully saturated rings. The van der Waals surface area contributed by atoms with Crippen LogP contribution in [-0.4, -0.2) is 39.8 Å². The highest BCUT2D eigenvalue weighted by molar-refractivity contribution is 9.10. The van der Waals surface area contributed by atoms with Crippen molar-refractivity contribution in [2.45, 2.75) is 91.3 Å². The topological polar surface area (TPSA) is 99.0 Å². The van der Waals surface area contributed by atoms with Crippen LogP contribution in [0.1, 0.15) is 85.6 Å². The van der Waals surface area contributed by atoms with Gasteiger partial charge in [-0.3, -0.25) is 10.1 Å². The van der Waals surface area contributed by atoms with E-state index in [0.717, 1.165) is 42.6 Å². The minimum atomic E-state index is -0.702. The number of amides is 2. The molecule has 0 radical (unpaired) electrons. The number of halogens is 1. The Balaban J connectivity index is 2.42. The smallest absolute Gasteiger partial charge is 0.419 e. The van der Waals surface area contributed by atoms with Gasteiger partial charge >= 0.3 is 12.2 Å². The van der Waals surface area contributed by atoms with E-state index in [4.69, 9.17) is 9.47 Å². The van der Waals surface area contributed by atoms with Crippen LogP contribution in [0.5, 0.6) is 0 Å². The highest BCUT2D eigenvalue weighted by Crippen LogP contribution is 2.26. The summed E-state index contributed by atoms with van der Waals surface area (Å²) in [6.45, 7) is 10.8. The first kappa shape index (κ1) is 29.6. The first-order valence-electron chi connectivity index (χ1n) is 11.5. The third kappa shape index (κ3) is 12.2. The Labute approximate surface area is 211 Å². The van der Waals surface area contributed by atoms with E-state index in [1.807, 2.05) is 18.2 Å². The molecule has 0 aromatic heterocycles. The molecule has 9 heteroatoms. The van der Waals surface area contributed by atoms with E-state index < -0.39 is 28.3 Å². The lowest BCUT2D eigenvalue weighted by atomic mass is 10.1. The van der Waals surface area contributed by atoms with Crippen molar-refractivity contribution >= 4 is 39.9 Å². The van der Waals surface area contributed by atoms with Crippen molar-refractivity contribution in [1.29, 1.82) is 0 Å². The fourth-order valence-electron chi connectivity index (χ4n) is 2.95. The highest BCUT2D eigenvalue weighted by atomic mass is 79.9. The molecule has 0 N–H and O–H groups in total. The van der Waals surface area contributed by atoms with Crippen LogP contribution in [0.25, 0.3) is 6.08 Å². The van der Waals surface area contributed by atoms with Crippen LogP contribution in [-0.2, 0) is 9.47 Å². The lowest BCUT2D eigenvalue weighted by Crippen LogP contribution is -2.44. The summed E-state index contributed by atoms with van der Waals surface area (Å²) in [5.41, 5.74) is -0.564. The Morgan fingerprint density at radius 2 is 1.50 bits per heavy atom. The zero-order valence-corrected chi connectivity index (χ0v) is 22.6. The maximum absolute atomic E-state index is 12.5. The predicted octanol–water partition coefficient (Wildman–Crippen LogP) is 7.88. The second-order valence-corrected chi connectivity index (χ2v) is 10.9. The third-order valence-corrected chi connectivity index (χ3v) is 5.13. The van der Waals surface area contributed by atoms with E-state index in [1.165, 1.54) is 0 Å². The predicted molar refractivity (Wildman–Crippen MR) is 137 cm³/mol. The normalized spacial score (nSPS) is 12.0. The number of nitrogens with zero attached hydrogens (tertiary/aromatic N) is 2. The summed E-state index contributed by atoms with van der Waals surface area (Å²) in [6, 6.07) is 5.05. The van der Waals surface area contributed by atoms with Crippen molar-refractivity contribution in [1.82, 2.24) is 4.90 Å². The molecule has 34 heavy (non-hydrogen) atoms. The molecule has 1 rings (SSSR count). The molecule has 0 unspecified atom stereocenters. The average molecular weight is 541 g/mol. The number of hydrogen-bond donors (Lipinski definition) is 0. The van der Waals surface area contributed by atoms with Gasteiger partial charge in [0.15, 0.2) is 0 Å². The molecule has 8 nitrogen and oxygen atoms in total. The van der Waals surface area contributed by atoms with Gasteiger partial charge in [0.2, 0.25) is 0 Å². The van der Waals surface area contributed by atoms with Crippen LogP contribution in [0.4, 0.5) is 15.3 Å². The summed E-state index contributed by atoms with van der Waals surface area (Å²) in [5.74, 6) is 0. The molecule has 0 aliphatic heterocycles. The van der Waals surface area contributed by atoms with E-state index >= 15 is 0 Å². The van der Waals surface area contributed by atoms with Gasteiger partial charge in [-0.2, -0.15) is 0 Å². The van der Waals surface area contributed by atoms with Crippen molar-refractivity contribution in [3.05, 3.63) is 44.4 Å². The van der Waals surface area contributed by atoms with Gasteiger partial charge in [0, 0.05) is 12.6 Å². The molecule has 0 aliphatic rings. The largest absolute Gasteiger partial charge is 0.443 e. The lowest BCUT2D eigenvalue weighted by Gasteiger charge is -2.28. The summed E-state index contributed by atoms with van der Waals surface area (Å²) >= 11 is 3.18. The van der Waals surface area contributed by atoms with Crippen LogP contribution < -0.4 is 0 Å². The Morgan fingerprint density at radius 3 is 2.03 bits per heavy atom. The van der Waals surface area contributed by atoms with E-state index in [-0.39, 0.29) is 12.2 Å². The van der Waals surface area contributed by atoms with Crippen molar-refractivity contribution in [3.63, 3.8) is 0 Å². The van der Waals surface area contributed by atoms with Crippen molar-refractivity contribution in [2.75, 3.05) is 6.54 Å². The number of allylic oxidation sites excluding steroid dienone is 1. The molecule has 0 aliphatic carbocycles. The van der Waals surface area contributed by atoms with Gasteiger partial charge in [-0.25, -0.2) is 14.5 Å². The number of nitro groups is 1. The minimum Gasteiger partial charge on any atom is -0.443 e. The Hall–Kier alpha value is -2.42. The molecule has 1 aromatic rings. The van der Waals surface area contributed by atoms with Crippen LogP contribution in [0.2, 0.25) is 0 Å².